The zero-order valence-corrected chi connectivity index (χ0v) is 41.9. The number of carbonyl (C=O) groups excluding carboxylic acids is 2. The third-order valence-corrected chi connectivity index (χ3v) is 10.3. The Balaban J connectivity index is 0.000000336. The van der Waals surface area contributed by atoms with Crippen molar-refractivity contribution >= 4 is 65.4 Å². The molecule has 0 unspecified atom stereocenters. The molecule has 6 aromatic rings. The van der Waals surface area contributed by atoms with Gasteiger partial charge in [0, 0.05) is 28.3 Å². The van der Waals surface area contributed by atoms with Crippen molar-refractivity contribution in [3.8, 4) is 28.3 Å². The number of aliphatic imine (C=N–C) groups is 2. The number of benzene rings is 4. The van der Waals surface area contributed by atoms with Crippen molar-refractivity contribution in [3.05, 3.63) is 163 Å². The Labute approximate surface area is 414 Å². The number of carbonyl (C=O) groups is 2. The van der Waals surface area contributed by atoms with Crippen molar-refractivity contribution in [1.29, 1.82) is 0 Å². The minimum atomic E-state index is -2.32. The molecule has 2 aromatic heterocycles. The van der Waals surface area contributed by atoms with Gasteiger partial charge in [0.2, 0.25) is 17.5 Å². The fourth-order valence-electron chi connectivity index (χ4n) is 6.62. The summed E-state index contributed by atoms with van der Waals surface area (Å²) in [6, 6.07) is 28.7. The number of aromatic nitrogens is 2. The molecule has 2 heterocycles. The van der Waals surface area contributed by atoms with Crippen molar-refractivity contribution in [3.63, 3.8) is 0 Å². The molecule has 0 fully saturated rings. The molecular formula is C49H43Br2CuF5FeN4O4. The van der Waals surface area contributed by atoms with Gasteiger partial charge in [-0.2, -0.15) is 0 Å². The van der Waals surface area contributed by atoms with Gasteiger partial charge in [-0.1, -0.05) is 103 Å². The van der Waals surface area contributed by atoms with Gasteiger partial charge in [0.1, 0.15) is 10.3 Å². The average Bonchev–Trinajstić information content (AvgIpc) is 3.29. The van der Waals surface area contributed by atoms with Gasteiger partial charge in [0.25, 0.3) is 5.56 Å². The number of H-pyrrole nitrogens is 1. The number of hydrogen-bond donors (Lipinski definition) is 1. The summed E-state index contributed by atoms with van der Waals surface area (Å²) >= 11 is 9.72. The minimum Gasteiger partial charge on any atom is 0 e. The molecule has 1 N–H and O–H groups in total. The molecule has 0 amide bonds. The number of rotatable bonds is 11. The molecule has 0 atom stereocenters. The quantitative estimate of drug-likeness (QED) is 0.0203. The Morgan fingerprint density at radius 3 is 1.79 bits per heavy atom. The largest absolute Gasteiger partial charge is 0 e. The van der Waals surface area contributed by atoms with Crippen LogP contribution < -0.4 is 10.3 Å². The van der Waals surface area contributed by atoms with E-state index in [1.807, 2.05) is 69.3 Å². The molecular weight excluding hydrogens is 1080 g/mol. The maximum atomic E-state index is 14.0. The Kier molecular flexibility index (Phi) is 20.8. The second-order valence-electron chi connectivity index (χ2n) is 15.8. The van der Waals surface area contributed by atoms with Crippen LogP contribution in [-0.2, 0) is 36.7 Å². The average molecular weight is 1130 g/mol. The van der Waals surface area contributed by atoms with Crippen LogP contribution in [0.25, 0.3) is 22.4 Å². The van der Waals surface area contributed by atoms with Crippen molar-refractivity contribution < 1.29 is 67.6 Å². The van der Waals surface area contributed by atoms with Gasteiger partial charge in [0.15, 0.2) is 29.1 Å². The molecule has 0 bridgehead atoms. The Morgan fingerprint density at radius 1 is 0.758 bits per heavy atom. The van der Waals surface area contributed by atoms with Crippen LogP contribution in [0.2, 0.25) is 0 Å². The number of ketones is 2. The van der Waals surface area contributed by atoms with Crippen molar-refractivity contribution in [2.24, 2.45) is 9.98 Å². The first kappa shape index (κ1) is 55.4. The predicted octanol–water partition coefficient (Wildman–Crippen LogP) is 13.6. The molecule has 0 radical (unpaired) electrons. The van der Waals surface area contributed by atoms with E-state index in [1.165, 1.54) is 13.3 Å². The Bertz CT molecular complexity index is 2750. The van der Waals surface area contributed by atoms with E-state index in [2.05, 4.69) is 98.0 Å². The van der Waals surface area contributed by atoms with Crippen LogP contribution in [0, 0.1) is 35.2 Å². The molecule has 0 aliphatic carbocycles. The van der Waals surface area contributed by atoms with Gasteiger partial charge >= 0.3 is 28.3 Å². The van der Waals surface area contributed by atoms with Crippen LogP contribution in [0.4, 0.5) is 33.3 Å². The van der Waals surface area contributed by atoms with E-state index < -0.39 is 57.3 Å². The zero-order chi connectivity index (χ0) is 48.3. The molecule has 4 aromatic carbocycles. The second kappa shape index (κ2) is 24.8. The molecule has 66 heavy (non-hydrogen) atoms. The third-order valence-electron chi connectivity index (χ3n) is 9.70. The fraction of sp³-hybridized carbons (Fsp3) is 0.224. The van der Waals surface area contributed by atoms with Gasteiger partial charge in [-0.3, -0.25) is 19.4 Å². The SMILES string of the molecule is CC(C)c1cccc(C(C)C)c1N=CC(=O)c1ccc(-c2ccccc2)[nH]c1=O.COc1nc(Br)c(C(=O)C=Nc2c(F)c(F)c(F)c(F)c2F)c(-c2[c-]cccc2)c1C(C)(C)C.[Cu+][Br].[Fe]. The number of hydrogen-bond acceptors (Lipinski definition) is 7. The second-order valence-corrected chi connectivity index (χ2v) is 16.6. The van der Waals surface area contributed by atoms with Gasteiger partial charge in [-0.15, -0.1) is 35.9 Å². The van der Waals surface area contributed by atoms with Crippen LogP contribution in [0.15, 0.2) is 104 Å². The van der Waals surface area contributed by atoms with Crippen molar-refractivity contribution in [2.75, 3.05) is 7.11 Å². The van der Waals surface area contributed by atoms with Crippen LogP contribution in [0.1, 0.15) is 97.7 Å². The first-order valence-electron chi connectivity index (χ1n) is 19.7. The summed E-state index contributed by atoms with van der Waals surface area (Å²) in [6.45, 7) is 14.0. The normalized spacial score (nSPS) is 11.3. The van der Waals surface area contributed by atoms with Gasteiger partial charge < -0.3 is 9.72 Å². The number of halogens is 7. The smallest absolute Gasteiger partial charge is 0 e. The molecule has 0 aliphatic heterocycles. The molecule has 8 nitrogen and oxygen atoms in total. The fourth-order valence-corrected chi connectivity index (χ4v) is 7.18. The molecule has 0 saturated carbocycles. The number of pyridine rings is 2. The van der Waals surface area contributed by atoms with Gasteiger partial charge in [-0.05, 0) is 67.6 Å². The number of Topliss-reactive ketones (excluding diaryl/α,β-unsaturated/α-hetero) is 2. The molecule has 351 valence electrons. The van der Waals surface area contributed by atoms with E-state index in [0.717, 1.165) is 22.4 Å². The van der Waals surface area contributed by atoms with Gasteiger partial charge in [0.05, 0.1) is 30.8 Å². The summed E-state index contributed by atoms with van der Waals surface area (Å²) in [5, 5.41) is 0. The van der Waals surface area contributed by atoms with E-state index in [1.54, 1.807) is 36.4 Å². The topological polar surface area (TPSA) is 114 Å². The minimum absolute atomic E-state index is 0. The van der Waals surface area contributed by atoms with Crippen LogP contribution in [0.3, 0.4) is 0 Å². The summed E-state index contributed by atoms with van der Waals surface area (Å²) in [5.74, 6) is -11.5. The maximum absolute atomic E-state index is 14.0. The van der Waals surface area contributed by atoms with Crippen molar-refractivity contribution in [1.82, 2.24) is 9.97 Å². The Morgan fingerprint density at radius 2 is 1.29 bits per heavy atom. The number of methoxy groups -OCH3 is 1. The first-order chi connectivity index (χ1) is 30.8. The summed E-state index contributed by atoms with van der Waals surface area (Å²) in [4.78, 5) is 53.2. The summed E-state index contributed by atoms with van der Waals surface area (Å²) in [5.41, 5.74) is 3.51. The van der Waals surface area contributed by atoms with E-state index in [9.17, 15) is 36.3 Å². The summed E-state index contributed by atoms with van der Waals surface area (Å²) in [6.07, 6.45) is 1.74. The number of nitrogens with zero attached hydrogens (tertiary/aromatic N) is 3. The summed E-state index contributed by atoms with van der Waals surface area (Å²) < 4.78 is 73.8. The van der Waals surface area contributed by atoms with Crippen LogP contribution in [-0.4, -0.2) is 41.1 Å². The van der Waals surface area contributed by atoms with E-state index in [0.29, 0.717) is 28.6 Å². The van der Waals surface area contributed by atoms with Gasteiger partial charge in [-0.25, -0.2) is 31.9 Å². The zero-order valence-electron chi connectivity index (χ0n) is 36.7. The molecule has 17 heteroatoms. The van der Waals surface area contributed by atoms with Crippen LogP contribution in [0.5, 0.6) is 5.88 Å². The molecule has 0 spiro atoms. The van der Waals surface area contributed by atoms with E-state index in [4.69, 9.17) is 4.74 Å². The number of ether oxygens (including phenoxy) is 1. The Hall–Kier alpha value is -4.89. The molecule has 0 saturated heterocycles. The number of para-hydroxylation sites is 1. The first-order valence-corrected chi connectivity index (χ1v) is 22.9. The van der Waals surface area contributed by atoms with Crippen molar-refractivity contribution in [2.45, 2.75) is 65.7 Å². The monoisotopic (exact) mass is 1120 g/mol. The number of nitrogens with one attached hydrogen (secondary N) is 1. The molecule has 0 aliphatic rings. The standard InChI is InChI=1S/C25H26N2O2.C24H17BrF5N2O2.BrH.Cu.Fe/c1-16(2)19-11-8-12-20(17(3)4)24(19)26-15-23(28)21-13-14-22(27-25(21)29)18-9-6-5-7-10-18;1-24(2,3)15-13(11-8-6-5-7-9-11)14(22(25)32-23(15)34-4)12(33)10-31-21-19(29)17(27)16(26)18(28)20(21)30;;;/h5-17H,1-4H3,(H,27,29);5-8,10H,1-4H3;1H;;/q;-1;;+2;/p-1. The van der Waals surface area contributed by atoms with E-state index in [-0.39, 0.29) is 50.5 Å². The number of aromatic amines is 1. The van der Waals surface area contributed by atoms with E-state index >= 15 is 0 Å². The summed E-state index contributed by atoms with van der Waals surface area (Å²) in [7, 11) is 1.41. The maximum Gasteiger partial charge on any atom is 0 e. The third kappa shape index (κ3) is 13.0. The predicted molar refractivity (Wildman–Crippen MR) is 249 cm³/mol. The van der Waals surface area contributed by atoms with Crippen LogP contribution >= 0.6 is 30.0 Å². The molecule has 6 rings (SSSR count).